The van der Waals surface area contributed by atoms with Crippen molar-refractivity contribution in [2.75, 3.05) is 18.0 Å². The van der Waals surface area contributed by atoms with Crippen molar-refractivity contribution in [1.29, 1.82) is 0 Å². The van der Waals surface area contributed by atoms with Crippen LogP contribution in [0.2, 0.25) is 0 Å². The van der Waals surface area contributed by atoms with Crippen LogP contribution in [-0.2, 0) is 6.42 Å². The summed E-state index contributed by atoms with van der Waals surface area (Å²) < 4.78 is 0. The molecule has 1 aliphatic carbocycles. The summed E-state index contributed by atoms with van der Waals surface area (Å²) in [4.78, 5) is 8.39. The molecule has 0 radical (unpaired) electrons. The second-order valence-electron chi connectivity index (χ2n) is 5.91. The minimum absolute atomic E-state index is 0.259. The Morgan fingerprint density at radius 1 is 1.26 bits per heavy atom. The van der Waals surface area contributed by atoms with E-state index in [0.29, 0.717) is 0 Å². The molecule has 2 unspecified atom stereocenters. The molecular weight excluding hydrogens is 256 g/mol. The normalized spacial score (nSPS) is 28.0. The Kier molecular flexibility index (Phi) is 4.08. The number of aliphatic hydroxyl groups is 1. The van der Waals surface area contributed by atoms with E-state index in [0.717, 1.165) is 54.0 Å². The molecule has 106 valence electrons. The van der Waals surface area contributed by atoms with Crippen LogP contribution in [-0.4, -0.2) is 23.2 Å². The van der Waals surface area contributed by atoms with Crippen LogP contribution in [0.5, 0.6) is 0 Å². The van der Waals surface area contributed by atoms with E-state index >= 15 is 0 Å². The third kappa shape index (κ3) is 2.79. The lowest BCUT2D eigenvalue weighted by molar-refractivity contribution is 0.160. The van der Waals surface area contributed by atoms with E-state index < -0.39 is 0 Å². The summed E-state index contributed by atoms with van der Waals surface area (Å²) in [5.41, 5.74) is 1.16. The van der Waals surface area contributed by atoms with Crippen molar-refractivity contribution in [2.24, 2.45) is 5.92 Å². The average Bonchev–Trinajstić information content (AvgIpc) is 2.71. The predicted molar refractivity (Wildman–Crippen MR) is 79.9 cm³/mol. The van der Waals surface area contributed by atoms with E-state index in [-0.39, 0.29) is 6.10 Å². The Morgan fingerprint density at radius 3 is 2.95 bits per heavy atom. The summed E-state index contributed by atoms with van der Waals surface area (Å²) in [5.74, 6) is 0.894. The number of thiazole rings is 1. The van der Waals surface area contributed by atoms with Gasteiger partial charge in [0.15, 0.2) is 5.13 Å². The fraction of sp³-hybridized carbons (Fsp3) is 0.800. The van der Waals surface area contributed by atoms with Gasteiger partial charge in [-0.2, -0.15) is 0 Å². The molecule has 19 heavy (non-hydrogen) atoms. The third-order valence-corrected chi connectivity index (χ3v) is 5.87. The van der Waals surface area contributed by atoms with Gasteiger partial charge in [-0.3, -0.25) is 0 Å². The Bertz CT molecular complexity index is 432. The highest BCUT2D eigenvalue weighted by Crippen LogP contribution is 2.38. The van der Waals surface area contributed by atoms with Crippen molar-refractivity contribution in [3.05, 3.63) is 10.6 Å². The van der Waals surface area contributed by atoms with Crippen LogP contribution in [0.25, 0.3) is 0 Å². The Labute approximate surface area is 119 Å². The molecule has 3 nitrogen and oxygen atoms in total. The van der Waals surface area contributed by atoms with Crippen LogP contribution in [0, 0.1) is 5.92 Å². The molecule has 0 aromatic carbocycles. The number of aryl methyl sites for hydroxylation is 1. The first-order valence-corrected chi connectivity index (χ1v) is 8.52. The molecule has 1 N–H and O–H groups in total. The molecule has 0 saturated carbocycles. The number of fused-ring (bicyclic) bond motifs is 1. The number of nitrogens with zero attached hydrogens (tertiary/aromatic N) is 2. The van der Waals surface area contributed by atoms with E-state index in [9.17, 15) is 5.11 Å². The lowest BCUT2D eigenvalue weighted by Gasteiger charge is -2.19. The maximum atomic E-state index is 10.1. The van der Waals surface area contributed by atoms with Gasteiger partial charge in [-0.05, 0) is 44.4 Å². The molecule has 2 heterocycles. The first-order chi connectivity index (χ1) is 9.28. The van der Waals surface area contributed by atoms with Crippen molar-refractivity contribution in [1.82, 2.24) is 4.98 Å². The SMILES string of the molecule is CCC1CCCN(c2nc3c(s2)C(O)CCC3)CC1. The summed E-state index contributed by atoms with van der Waals surface area (Å²) in [6, 6.07) is 0. The van der Waals surface area contributed by atoms with Crippen LogP contribution < -0.4 is 4.90 Å². The first kappa shape index (κ1) is 13.4. The van der Waals surface area contributed by atoms with Crippen molar-refractivity contribution in [3.63, 3.8) is 0 Å². The van der Waals surface area contributed by atoms with Crippen LogP contribution in [0.3, 0.4) is 0 Å². The molecule has 4 heteroatoms. The topological polar surface area (TPSA) is 36.4 Å². The van der Waals surface area contributed by atoms with Gasteiger partial charge in [-0.15, -0.1) is 0 Å². The number of hydrogen-bond donors (Lipinski definition) is 1. The predicted octanol–water partition coefficient (Wildman–Crippen LogP) is 3.53. The summed E-state index contributed by atoms with van der Waals surface area (Å²) in [6.45, 7) is 4.58. The van der Waals surface area contributed by atoms with Crippen LogP contribution in [0.4, 0.5) is 5.13 Å². The maximum absolute atomic E-state index is 10.1. The van der Waals surface area contributed by atoms with Gasteiger partial charge in [0, 0.05) is 13.1 Å². The molecule has 1 saturated heterocycles. The standard InChI is InChI=1S/C15H24N2OS/c1-2-11-5-4-9-17(10-8-11)15-16-12-6-3-7-13(18)14(12)19-15/h11,13,18H,2-10H2,1H3. The molecular formula is C15H24N2OS. The van der Waals surface area contributed by atoms with E-state index in [1.165, 1.54) is 25.7 Å². The van der Waals surface area contributed by atoms with Crippen molar-refractivity contribution >= 4 is 16.5 Å². The maximum Gasteiger partial charge on any atom is 0.185 e. The monoisotopic (exact) mass is 280 g/mol. The highest BCUT2D eigenvalue weighted by Gasteiger charge is 2.25. The zero-order valence-corrected chi connectivity index (χ0v) is 12.6. The van der Waals surface area contributed by atoms with Crippen LogP contribution in [0.15, 0.2) is 0 Å². The average molecular weight is 280 g/mol. The Balaban J connectivity index is 1.75. The van der Waals surface area contributed by atoms with E-state index in [1.54, 1.807) is 11.3 Å². The summed E-state index contributed by atoms with van der Waals surface area (Å²) >= 11 is 1.73. The molecule has 0 amide bonds. The summed E-state index contributed by atoms with van der Waals surface area (Å²) in [6.07, 6.45) is 8.03. The molecule has 1 aromatic rings. The molecule has 3 rings (SSSR count). The molecule has 1 fully saturated rings. The Morgan fingerprint density at radius 2 is 2.16 bits per heavy atom. The van der Waals surface area contributed by atoms with Crippen LogP contribution in [0.1, 0.15) is 62.1 Å². The lowest BCUT2D eigenvalue weighted by Crippen LogP contribution is -2.24. The highest BCUT2D eigenvalue weighted by atomic mass is 32.1. The number of aliphatic hydroxyl groups excluding tert-OH is 1. The minimum atomic E-state index is -0.259. The highest BCUT2D eigenvalue weighted by molar-refractivity contribution is 7.15. The minimum Gasteiger partial charge on any atom is -0.388 e. The number of aromatic nitrogens is 1. The fourth-order valence-electron chi connectivity index (χ4n) is 3.28. The van der Waals surface area contributed by atoms with Gasteiger partial charge in [0.25, 0.3) is 0 Å². The number of rotatable bonds is 2. The lowest BCUT2D eigenvalue weighted by atomic mass is 9.98. The van der Waals surface area contributed by atoms with Gasteiger partial charge in [0.2, 0.25) is 0 Å². The molecule has 1 aliphatic heterocycles. The first-order valence-electron chi connectivity index (χ1n) is 7.70. The van der Waals surface area contributed by atoms with Crippen molar-refractivity contribution in [2.45, 2.75) is 58.0 Å². The summed E-state index contributed by atoms with van der Waals surface area (Å²) in [7, 11) is 0. The van der Waals surface area contributed by atoms with Gasteiger partial charge in [-0.1, -0.05) is 24.7 Å². The zero-order valence-electron chi connectivity index (χ0n) is 11.8. The second-order valence-corrected chi connectivity index (χ2v) is 6.92. The Hall–Kier alpha value is -0.610. The van der Waals surface area contributed by atoms with Crippen molar-refractivity contribution < 1.29 is 5.11 Å². The fourth-order valence-corrected chi connectivity index (χ4v) is 4.47. The molecule has 2 aliphatic rings. The number of anilines is 1. The van der Waals surface area contributed by atoms with Gasteiger partial charge in [0.05, 0.1) is 16.7 Å². The van der Waals surface area contributed by atoms with Crippen LogP contribution >= 0.6 is 11.3 Å². The smallest absolute Gasteiger partial charge is 0.185 e. The van der Waals surface area contributed by atoms with E-state index in [2.05, 4.69) is 11.8 Å². The summed E-state index contributed by atoms with van der Waals surface area (Å²) in [5, 5.41) is 11.2. The molecule has 1 aromatic heterocycles. The van der Waals surface area contributed by atoms with Gasteiger partial charge in [-0.25, -0.2) is 4.98 Å². The van der Waals surface area contributed by atoms with Crippen molar-refractivity contribution in [3.8, 4) is 0 Å². The molecule has 2 atom stereocenters. The van der Waals surface area contributed by atoms with Gasteiger partial charge in [0.1, 0.15) is 0 Å². The van der Waals surface area contributed by atoms with E-state index in [1.807, 2.05) is 0 Å². The third-order valence-electron chi connectivity index (χ3n) is 4.61. The van der Waals surface area contributed by atoms with Gasteiger partial charge < -0.3 is 10.0 Å². The van der Waals surface area contributed by atoms with Gasteiger partial charge >= 0.3 is 0 Å². The second kappa shape index (κ2) is 5.80. The van der Waals surface area contributed by atoms with E-state index in [4.69, 9.17) is 4.98 Å². The largest absolute Gasteiger partial charge is 0.388 e. The molecule has 0 spiro atoms. The number of hydrogen-bond acceptors (Lipinski definition) is 4. The quantitative estimate of drug-likeness (QED) is 0.900. The zero-order chi connectivity index (χ0) is 13.2. The molecule has 0 bridgehead atoms.